The van der Waals surface area contributed by atoms with E-state index in [1.54, 1.807) is 18.2 Å². The Labute approximate surface area is 205 Å². The van der Waals surface area contributed by atoms with Gasteiger partial charge in [-0.05, 0) is 51.8 Å². The van der Waals surface area contributed by atoms with Gasteiger partial charge in [0.1, 0.15) is 0 Å². The van der Waals surface area contributed by atoms with Crippen LogP contribution in [0.25, 0.3) is 0 Å². The zero-order valence-corrected chi connectivity index (χ0v) is 21.0. The molecule has 1 aliphatic rings. The van der Waals surface area contributed by atoms with Gasteiger partial charge < -0.3 is 9.80 Å². The third-order valence-corrected chi connectivity index (χ3v) is 7.35. The van der Waals surface area contributed by atoms with E-state index in [4.69, 9.17) is 0 Å². The number of nitro benzene ring substituents is 1. The molecule has 188 valence electrons. The number of hydrogen-bond acceptors (Lipinski definition) is 7. The zero-order chi connectivity index (χ0) is 25.6. The summed E-state index contributed by atoms with van der Waals surface area (Å²) in [7, 11) is -3.89. The van der Waals surface area contributed by atoms with E-state index < -0.39 is 14.9 Å². The van der Waals surface area contributed by atoms with Crippen LogP contribution < -0.4 is 9.73 Å². The highest BCUT2D eigenvalue weighted by Crippen LogP contribution is 2.29. The average Bonchev–Trinajstić information content (AvgIpc) is 2.85. The first-order valence-corrected chi connectivity index (χ1v) is 13.1. The van der Waals surface area contributed by atoms with Crippen LogP contribution in [-0.4, -0.2) is 56.5 Å². The quantitative estimate of drug-likeness (QED) is 0.319. The van der Waals surface area contributed by atoms with Gasteiger partial charge in [0.15, 0.2) is 0 Å². The number of piperidine rings is 1. The van der Waals surface area contributed by atoms with Crippen molar-refractivity contribution in [1.82, 2.24) is 9.73 Å². The van der Waals surface area contributed by atoms with E-state index in [1.165, 1.54) is 30.5 Å². The summed E-state index contributed by atoms with van der Waals surface area (Å²) in [6.07, 6.45) is 2.84. The molecule has 0 saturated carbocycles. The summed E-state index contributed by atoms with van der Waals surface area (Å²) < 4.78 is 25.1. The van der Waals surface area contributed by atoms with Gasteiger partial charge in [-0.25, -0.2) is 4.83 Å². The van der Waals surface area contributed by atoms with Crippen LogP contribution in [-0.2, 0) is 14.8 Å². The van der Waals surface area contributed by atoms with Crippen LogP contribution in [0.15, 0.2) is 52.5 Å². The summed E-state index contributed by atoms with van der Waals surface area (Å²) in [4.78, 5) is 29.8. The fourth-order valence-corrected chi connectivity index (χ4v) is 4.96. The Balaban J connectivity index is 1.86. The van der Waals surface area contributed by atoms with Crippen LogP contribution in [0.4, 0.5) is 11.4 Å². The van der Waals surface area contributed by atoms with E-state index in [0.717, 1.165) is 18.4 Å². The second-order valence-corrected chi connectivity index (χ2v) is 10.1. The van der Waals surface area contributed by atoms with Gasteiger partial charge in [0.25, 0.3) is 15.7 Å². The number of amides is 1. The van der Waals surface area contributed by atoms with Gasteiger partial charge in [-0.1, -0.05) is 17.7 Å². The Morgan fingerprint density at radius 3 is 2.54 bits per heavy atom. The van der Waals surface area contributed by atoms with Crippen molar-refractivity contribution in [3.63, 3.8) is 0 Å². The number of hydrazone groups is 1. The van der Waals surface area contributed by atoms with E-state index in [-0.39, 0.29) is 22.4 Å². The van der Waals surface area contributed by atoms with Crippen molar-refractivity contribution in [3.05, 3.63) is 63.7 Å². The second kappa shape index (κ2) is 11.3. The number of aryl methyl sites for hydroxylation is 1. The molecule has 1 N–H and O–H groups in total. The number of nitro groups is 1. The number of carbonyl (C=O) groups is 1. The second-order valence-electron chi connectivity index (χ2n) is 8.46. The normalized spacial score (nSPS) is 16.3. The molecule has 0 radical (unpaired) electrons. The Hall–Kier alpha value is -3.47. The summed E-state index contributed by atoms with van der Waals surface area (Å²) in [6, 6.07) is 10.7. The molecule has 35 heavy (non-hydrogen) atoms. The van der Waals surface area contributed by atoms with Crippen molar-refractivity contribution >= 4 is 33.5 Å². The molecule has 1 saturated heterocycles. The molecule has 0 aliphatic carbocycles. The lowest BCUT2D eigenvalue weighted by atomic mass is 9.95. The van der Waals surface area contributed by atoms with E-state index >= 15 is 0 Å². The summed E-state index contributed by atoms with van der Waals surface area (Å²) in [6.45, 7) is 8.19. The first kappa shape index (κ1) is 26.1. The molecule has 10 nitrogen and oxygen atoms in total. The van der Waals surface area contributed by atoms with E-state index in [9.17, 15) is 23.3 Å². The highest BCUT2D eigenvalue weighted by molar-refractivity contribution is 7.89. The highest BCUT2D eigenvalue weighted by Gasteiger charge is 2.29. The molecular formula is C24H31N5O5S. The summed E-state index contributed by atoms with van der Waals surface area (Å²) in [5.41, 5.74) is 1.84. The number of nitrogens with one attached hydrogen (secondary N) is 1. The number of nitrogens with zero attached hydrogens (tertiary/aromatic N) is 4. The number of rotatable bonds is 9. The SMILES string of the molecule is CCN(CC)C(=O)C1CCCN(c2ccc([N+](=O)[O-])cc2C=NNS(=O)(=O)c2ccc(C)cc2)C1. The van der Waals surface area contributed by atoms with Crippen molar-refractivity contribution in [1.29, 1.82) is 0 Å². The lowest BCUT2D eigenvalue weighted by molar-refractivity contribution is -0.384. The monoisotopic (exact) mass is 501 g/mol. The third-order valence-electron chi connectivity index (χ3n) is 6.12. The van der Waals surface area contributed by atoms with E-state index in [0.29, 0.717) is 37.4 Å². The number of sulfonamides is 1. The smallest absolute Gasteiger partial charge is 0.276 e. The minimum absolute atomic E-state index is 0.0632. The van der Waals surface area contributed by atoms with Crippen LogP contribution in [0.3, 0.4) is 0 Å². The van der Waals surface area contributed by atoms with Crippen molar-refractivity contribution < 1.29 is 18.1 Å². The van der Waals surface area contributed by atoms with Gasteiger partial charge in [0.2, 0.25) is 5.91 Å². The molecule has 1 amide bonds. The fourth-order valence-electron chi connectivity index (χ4n) is 4.17. The molecule has 1 fully saturated rings. The molecule has 1 aliphatic heterocycles. The number of anilines is 1. The van der Waals surface area contributed by atoms with Gasteiger partial charge in [-0.2, -0.15) is 13.5 Å². The maximum Gasteiger partial charge on any atom is 0.276 e. The standard InChI is InChI=1S/C24H31N5O5S/c1-4-27(5-2)24(30)19-7-6-14-28(17-19)23-13-10-21(29(31)32)15-20(23)16-25-26-35(33,34)22-11-8-18(3)9-12-22/h8-13,15-16,19,26H,4-7,14,17H2,1-3H3. The zero-order valence-electron chi connectivity index (χ0n) is 20.2. The first-order chi connectivity index (χ1) is 16.7. The van der Waals surface area contributed by atoms with Gasteiger partial charge in [-0.3, -0.25) is 14.9 Å². The summed E-state index contributed by atoms with van der Waals surface area (Å²) in [5, 5.41) is 15.2. The van der Waals surface area contributed by atoms with Crippen molar-refractivity contribution in [3.8, 4) is 0 Å². The summed E-state index contributed by atoms with van der Waals surface area (Å²) >= 11 is 0. The lowest BCUT2D eigenvalue weighted by Gasteiger charge is -2.36. The molecule has 1 atom stereocenters. The minimum Gasteiger partial charge on any atom is -0.370 e. The molecule has 2 aromatic rings. The third kappa shape index (κ3) is 6.36. The molecule has 3 rings (SSSR count). The molecule has 1 unspecified atom stereocenters. The Morgan fingerprint density at radius 1 is 1.23 bits per heavy atom. The average molecular weight is 502 g/mol. The number of carbonyl (C=O) groups excluding carboxylic acids is 1. The number of hydrogen-bond donors (Lipinski definition) is 1. The van der Waals surface area contributed by atoms with Gasteiger partial charge in [0.05, 0.1) is 22.0 Å². The maximum atomic E-state index is 12.9. The molecule has 2 aromatic carbocycles. The molecular weight excluding hydrogens is 470 g/mol. The van der Waals surface area contributed by atoms with Crippen molar-refractivity contribution in [2.24, 2.45) is 11.0 Å². The van der Waals surface area contributed by atoms with Gasteiger partial charge >= 0.3 is 0 Å². The predicted molar refractivity (Wildman–Crippen MR) is 135 cm³/mol. The predicted octanol–water partition coefficient (Wildman–Crippen LogP) is 3.30. The molecule has 0 bridgehead atoms. The van der Waals surface area contributed by atoms with Crippen molar-refractivity contribution in [2.45, 2.75) is 38.5 Å². The first-order valence-electron chi connectivity index (χ1n) is 11.6. The Bertz CT molecular complexity index is 1190. The van der Waals surface area contributed by atoms with Crippen molar-refractivity contribution in [2.75, 3.05) is 31.1 Å². The van der Waals surface area contributed by atoms with Gasteiger partial charge in [0, 0.05) is 49.6 Å². The topological polar surface area (TPSA) is 125 Å². The van der Waals surface area contributed by atoms with E-state index in [1.807, 2.05) is 30.6 Å². The lowest BCUT2D eigenvalue weighted by Crippen LogP contribution is -2.45. The highest BCUT2D eigenvalue weighted by atomic mass is 32.2. The largest absolute Gasteiger partial charge is 0.370 e. The Kier molecular flexibility index (Phi) is 8.44. The van der Waals surface area contributed by atoms with E-state index in [2.05, 4.69) is 9.93 Å². The fraction of sp³-hybridized carbons (Fsp3) is 0.417. The molecule has 0 spiro atoms. The van der Waals surface area contributed by atoms with Crippen LogP contribution >= 0.6 is 0 Å². The number of non-ortho nitro benzene ring substituents is 1. The Morgan fingerprint density at radius 2 is 1.91 bits per heavy atom. The molecule has 11 heteroatoms. The van der Waals surface area contributed by atoms with Crippen LogP contribution in [0, 0.1) is 23.0 Å². The minimum atomic E-state index is -3.89. The molecule has 1 heterocycles. The van der Waals surface area contributed by atoms with Crippen LogP contribution in [0.5, 0.6) is 0 Å². The maximum absolute atomic E-state index is 12.9. The van der Waals surface area contributed by atoms with Crippen LogP contribution in [0.1, 0.15) is 37.8 Å². The summed E-state index contributed by atoms with van der Waals surface area (Å²) in [5.74, 6) is -0.0774. The molecule has 0 aromatic heterocycles. The van der Waals surface area contributed by atoms with Gasteiger partial charge in [-0.15, -0.1) is 0 Å². The number of benzene rings is 2. The van der Waals surface area contributed by atoms with Crippen LogP contribution in [0.2, 0.25) is 0 Å².